The van der Waals surface area contributed by atoms with Crippen molar-refractivity contribution >= 4 is 51.7 Å². The third-order valence-corrected chi connectivity index (χ3v) is 6.14. The number of carboxylic acid groups (broad SMARTS) is 2. The number of aromatic nitrogens is 1. The fourth-order valence-electron chi connectivity index (χ4n) is 3.45. The van der Waals surface area contributed by atoms with Crippen LogP contribution in [-0.4, -0.2) is 33.3 Å². The van der Waals surface area contributed by atoms with E-state index in [1.807, 2.05) is 60.7 Å². The fraction of sp³-hybridized carbons (Fsp3) is 0.0741. The van der Waals surface area contributed by atoms with E-state index in [0.29, 0.717) is 17.9 Å². The van der Waals surface area contributed by atoms with Crippen LogP contribution in [-0.2, 0) is 16.1 Å². The number of ether oxygens (including phenoxy) is 1. The van der Waals surface area contributed by atoms with E-state index >= 15 is 0 Å². The zero-order valence-corrected chi connectivity index (χ0v) is 19.3. The molecular formula is C27H21NO6S. The Morgan fingerprint density at radius 3 is 2.20 bits per heavy atom. The predicted octanol–water partition coefficient (Wildman–Crippen LogP) is 4.87. The second-order valence-corrected chi connectivity index (χ2v) is 8.57. The summed E-state index contributed by atoms with van der Waals surface area (Å²) in [5.74, 6) is -2.49. The van der Waals surface area contributed by atoms with Crippen molar-refractivity contribution in [3.63, 3.8) is 0 Å². The van der Waals surface area contributed by atoms with Gasteiger partial charge < -0.3 is 14.9 Å². The van der Waals surface area contributed by atoms with Gasteiger partial charge >= 0.3 is 16.8 Å². The molecular weight excluding hydrogens is 466 g/mol. The number of nitrogens with zero attached hydrogens (tertiary/aromatic N) is 1. The van der Waals surface area contributed by atoms with E-state index in [0.717, 1.165) is 27.4 Å². The van der Waals surface area contributed by atoms with Crippen LogP contribution in [0.5, 0.6) is 5.75 Å². The smallest absolute Gasteiger partial charge is 0.343 e. The van der Waals surface area contributed by atoms with Crippen molar-refractivity contribution < 1.29 is 24.5 Å². The minimum atomic E-state index is -1.51. The Bertz CT molecular complexity index is 1460. The molecule has 4 rings (SSSR count). The number of benzene rings is 3. The highest BCUT2D eigenvalue weighted by Crippen LogP contribution is 2.21. The molecule has 0 aliphatic heterocycles. The lowest BCUT2D eigenvalue weighted by atomic mass is 10.1. The van der Waals surface area contributed by atoms with Gasteiger partial charge in [0.05, 0.1) is 16.8 Å². The topological polar surface area (TPSA) is 106 Å². The number of rotatable bonds is 9. The number of hydrogen-bond acceptors (Lipinski definition) is 5. The minimum Gasteiger partial charge on any atom is -0.492 e. The second-order valence-electron chi connectivity index (χ2n) is 7.58. The van der Waals surface area contributed by atoms with Gasteiger partial charge in [0.1, 0.15) is 17.9 Å². The molecule has 1 heterocycles. The van der Waals surface area contributed by atoms with Gasteiger partial charge in [-0.1, -0.05) is 72.0 Å². The first-order chi connectivity index (χ1) is 16.9. The summed E-state index contributed by atoms with van der Waals surface area (Å²) in [5, 5.41) is 17.9. The van der Waals surface area contributed by atoms with Crippen molar-refractivity contribution in [1.82, 2.24) is 4.57 Å². The third kappa shape index (κ3) is 5.93. The lowest BCUT2D eigenvalue weighted by molar-refractivity contribution is -0.140. The van der Waals surface area contributed by atoms with E-state index in [-0.39, 0.29) is 11.5 Å². The SMILES string of the molecule is O=C(O)C(=Cc1ccc(OCCn2c(=O)sc3cc(/C=C/c4ccccc4)ccc32)cc1)C(=O)O. The zero-order chi connectivity index (χ0) is 24.8. The van der Waals surface area contributed by atoms with Crippen LogP contribution in [0.2, 0.25) is 0 Å². The summed E-state index contributed by atoms with van der Waals surface area (Å²) in [6.45, 7) is 0.619. The number of fused-ring (bicyclic) bond motifs is 1. The van der Waals surface area contributed by atoms with Gasteiger partial charge in [-0.3, -0.25) is 9.36 Å². The van der Waals surface area contributed by atoms with E-state index in [2.05, 4.69) is 0 Å². The predicted molar refractivity (Wildman–Crippen MR) is 137 cm³/mol. The Balaban J connectivity index is 1.41. The quantitative estimate of drug-likeness (QED) is 0.151. The molecule has 35 heavy (non-hydrogen) atoms. The fourth-order valence-corrected chi connectivity index (χ4v) is 4.42. The highest BCUT2D eigenvalue weighted by molar-refractivity contribution is 7.16. The van der Waals surface area contributed by atoms with Gasteiger partial charge in [0.15, 0.2) is 0 Å². The zero-order valence-electron chi connectivity index (χ0n) is 18.5. The second kappa shape index (κ2) is 10.7. The van der Waals surface area contributed by atoms with Crippen LogP contribution in [0.25, 0.3) is 28.4 Å². The molecule has 0 amide bonds. The number of carboxylic acids is 2. The first kappa shape index (κ1) is 23.7. The maximum Gasteiger partial charge on any atom is 0.343 e. The number of aliphatic carboxylic acids is 2. The molecule has 4 aromatic rings. The molecule has 0 saturated heterocycles. The molecule has 7 nitrogen and oxygen atoms in total. The summed E-state index contributed by atoms with van der Waals surface area (Å²) in [7, 11) is 0. The standard InChI is InChI=1S/C27H21NO6S/c29-25(30)22(26(31)32)16-19-8-11-21(12-9-19)34-15-14-28-23-13-10-20(17-24(23)35-27(28)33)7-6-18-4-2-1-3-5-18/h1-13,16-17H,14-15H2,(H,29,30)(H,31,32)/b7-6+. The molecule has 0 bridgehead atoms. The van der Waals surface area contributed by atoms with E-state index < -0.39 is 17.5 Å². The summed E-state index contributed by atoms with van der Waals surface area (Å²) in [4.78, 5) is 34.5. The maximum atomic E-state index is 12.5. The van der Waals surface area contributed by atoms with Gasteiger partial charge in [0.25, 0.3) is 0 Å². The molecule has 2 N–H and O–H groups in total. The van der Waals surface area contributed by atoms with Crippen molar-refractivity contribution in [2.45, 2.75) is 6.54 Å². The molecule has 3 aromatic carbocycles. The highest BCUT2D eigenvalue weighted by atomic mass is 32.1. The normalized spacial score (nSPS) is 11.0. The summed E-state index contributed by atoms with van der Waals surface area (Å²) >= 11 is 1.19. The molecule has 0 spiro atoms. The van der Waals surface area contributed by atoms with Gasteiger partial charge in [-0.2, -0.15) is 0 Å². The average molecular weight is 488 g/mol. The molecule has 0 saturated carbocycles. The van der Waals surface area contributed by atoms with Gasteiger partial charge in [0, 0.05) is 0 Å². The molecule has 0 aliphatic carbocycles. The Morgan fingerprint density at radius 2 is 1.51 bits per heavy atom. The Hall–Kier alpha value is -4.43. The molecule has 1 aromatic heterocycles. The van der Waals surface area contributed by atoms with Crippen LogP contribution in [0, 0.1) is 0 Å². The van der Waals surface area contributed by atoms with Crippen LogP contribution in [0.15, 0.2) is 83.2 Å². The molecule has 0 aliphatic rings. The third-order valence-electron chi connectivity index (χ3n) is 5.20. The van der Waals surface area contributed by atoms with E-state index in [1.54, 1.807) is 28.8 Å². The van der Waals surface area contributed by atoms with Gasteiger partial charge in [0.2, 0.25) is 0 Å². The van der Waals surface area contributed by atoms with Crippen LogP contribution in [0.4, 0.5) is 0 Å². The molecule has 176 valence electrons. The first-order valence-corrected chi connectivity index (χ1v) is 11.5. The summed E-state index contributed by atoms with van der Waals surface area (Å²) in [6, 6.07) is 22.3. The van der Waals surface area contributed by atoms with Gasteiger partial charge in [-0.15, -0.1) is 0 Å². The monoisotopic (exact) mass is 487 g/mol. The lowest BCUT2D eigenvalue weighted by Crippen LogP contribution is -2.17. The van der Waals surface area contributed by atoms with Crippen molar-refractivity contribution in [3.8, 4) is 5.75 Å². The lowest BCUT2D eigenvalue weighted by Gasteiger charge is -2.08. The number of carbonyl (C=O) groups is 2. The summed E-state index contributed by atoms with van der Waals surface area (Å²) in [5.41, 5.74) is 2.66. The van der Waals surface area contributed by atoms with Crippen molar-refractivity contribution in [1.29, 1.82) is 0 Å². The Kier molecular flexibility index (Phi) is 7.23. The van der Waals surface area contributed by atoms with Crippen LogP contribution in [0.1, 0.15) is 16.7 Å². The average Bonchev–Trinajstić information content (AvgIpc) is 3.16. The minimum absolute atomic E-state index is 0.0665. The van der Waals surface area contributed by atoms with Crippen LogP contribution in [0.3, 0.4) is 0 Å². The number of hydrogen-bond donors (Lipinski definition) is 2. The van der Waals surface area contributed by atoms with Crippen molar-refractivity contribution in [3.05, 3.63) is 105 Å². The molecule has 0 atom stereocenters. The number of thiazole rings is 1. The van der Waals surface area contributed by atoms with Crippen LogP contribution >= 0.6 is 11.3 Å². The summed E-state index contributed by atoms with van der Waals surface area (Å²) < 4.78 is 8.30. The Labute approximate surface area is 204 Å². The highest BCUT2D eigenvalue weighted by Gasteiger charge is 2.15. The van der Waals surface area contributed by atoms with Crippen LogP contribution < -0.4 is 9.61 Å². The molecule has 0 fully saturated rings. The van der Waals surface area contributed by atoms with E-state index in [4.69, 9.17) is 14.9 Å². The van der Waals surface area contributed by atoms with Crippen molar-refractivity contribution in [2.75, 3.05) is 6.61 Å². The first-order valence-electron chi connectivity index (χ1n) is 10.7. The molecule has 0 unspecified atom stereocenters. The molecule has 8 heteroatoms. The van der Waals surface area contributed by atoms with Gasteiger partial charge in [-0.05, 0) is 47.0 Å². The Morgan fingerprint density at radius 1 is 0.857 bits per heavy atom. The summed E-state index contributed by atoms with van der Waals surface area (Å²) in [6.07, 6.45) is 5.12. The van der Waals surface area contributed by atoms with E-state index in [1.165, 1.54) is 11.3 Å². The van der Waals surface area contributed by atoms with Crippen molar-refractivity contribution in [2.24, 2.45) is 0 Å². The molecule has 0 radical (unpaired) electrons. The van der Waals surface area contributed by atoms with E-state index in [9.17, 15) is 14.4 Å². The largest absolute Gasteiger partial charge is 0.492 e. The van der Waals surface area contributed by atoms with Gasteiger partial charge in [-0.25, -0.2) is 9.59 Å². The maximum absolute atomic E-state index is 12.5.